The molecule has 0 heterocycles. The molecule has 0 amide bonds. The molecule has 0 bridgehead atoms. The molecule has 0 fully saturated rings. The van der Waals surface area contributed by atoms with Gasteiger partial charge in [-0.25, -0.2) is 20.4 Å². The Morgan fingerprint density at radius 1 is 1.00 bits per heavy atom. The molecule has 0 aromatic rings. The lowest BCUT2D eigenvalue weighted by Gasteiger charge is -1.68. The maximum atomic E-state index is 8.35. The Balaban J connectivity index is -0.0000000368. The van der Waals surface area contributed by atoms with E-state index in [9.17, 15) is 0 Å². The molecule has 0 aliphatic rings. The summed E-state index contributed by atoms with van der Waals surface area (Å²) in [7, 11) is 0.611. The van der Waals surface area contributed by atoms with Crippen molar-refractivity contribution in [1.29, 1.82) is 10.8 Å². The van der Waals surface area contributed by atoms with Crippen molar-refractivity contribution >= 4 is 21.3 Å². The van der Waals surface area contributed by atoms with Crippen LogP contribution in [-0.2, 0) is 14.2 Å². The third kappa shape index (κ3) is 5740000. The van der Waals surface area contributed by atoms with E-state index >= 15 is 0 Å². The molecule has 5 nitrogen and oxygen atoms in total. The van der Waals surface area contributed by atoms with E-state index in [1.54, 1.807) is 0 Å². The van der Waals surface area contributed by atoms with Crippen LogP contribution in [-0.4, -0.2) is 12.2 Å². The first-order chi connectivity index (χ1) is 5.74. The highest BCUT2D eigenvalue weighted by atomic mass is 31.0. The first-order valence-electron chi connectivity index (χ1n) is 3.11. The van der Waals surface area contributed by atoms with E-state index in [2.05, 4.69) is 13.8 Å². The molecule has 0 aliphatic carbocycles. The second-order valence-electron chi connectivity index (χ2n) is 1.20. The van der Waals surface area contributed by atoms with Crippen molar-refractivity contribution in [3.8, 4) is 0 Å². The topological polar surface area (TPSA) is 98.9 Å². The Hall–Kier alpha value is -1.01. The number of unbranched alkanes of at least 4 members (excludes halogenated alkanes) is 1. The minimum absolute atomic E-state index is 0.611. The fraction of sp³-hybridized carbons (Fsp3) is 0.667. The third-order valence-electron chi connectivity index (χ3n) is 0.500. The van der Waals surface area contributed by atoms with Gasteiger partial charge in [0.25, 0.3) is 0 Å². The number of hydrogen-bond donors (Lipinski definition) is 2. The quantitative estimate of drug-likeness (QED) is 0.376. The zero-order chi connectivity index (χ0) is 10.8. The van der Waals surface area contributed by atoms with Crippen LogP contribution in [0.25, 0.3) is 0 Å². The summed E-state index contributed by atoms with van der Waals surface area (Å²) < 4.78 is 8.28. The lowest BCUT2D eigenvalue weighted by atomic mass is 10.4. The number of hydrogen-bond acceptors (Lipinski definition) is 5. The SMILES string of the molecule is CCCC.N=C=O.N=C=O.O=[PH3]. The summed E-state index contributed by atoms with van der Waals surface area (Å²) in [6.07, 6.45) is 4.14. The molecule has 2 N–H and O–H groups in total. The van der Waals surface area contributed by atoms with Gasteiger partial charge in [0, 0.05) is 0 Å². The summed E-state index contributed by atoms with van der Waals surface area (Å²) in [4.78, 5) is 16.7. The van der Waals surface area contributed by atoms with Crippen molar-refractivity contribution in [3.63, 3.8) is 0 Å². The van der Waals surface area contributed by atoms with Gasteiger partial charge in [-0.3, -0.25) is 0 Å². The summed E-state index contributed by atoms with van der Waals surface area (Å²) >= 11 is 0. The van der Waals surface area contributed by atoms with Crippen LogP contribution in [0.15, 0.2) is 0 Å². The van der Waals surface area contributed by atoms with Crippen LogP contribution in [0.4, 0.5) is 0 Å². The lowest BCUT2D eigenvalue weighted by molar-refractivity contribution is 0.562. The van der Waals surface area contributed by atoms with Gasteiger partial charge in [-0.1, -0.05) is 26.7 Å². The van der Waals surface area contributed by atoms with E-state index in [1.165, 1.54) is 12.8 Å². The first-order valence-corrected chi connectivity index (χ1v) is 3.69. The fourth-order valence-electron chi connectivity index (χ4n) is 0. The molecular weight excluding hydrogens is 179 g/mol. The molecule has 0 rings (SSSR count). The average Bonchev–Trinajstić information content (AvgIpc) is 2.10. The Morgan fingerprint density at radius 2 is 1.08 bits per heavy atom. The molecule has 0 aromatic heterocycles. The second kappa shape index (κ2) is 90.3. The molecule has 72 valence electrons. The van der Waals surface area contributed by atoms with E-state index < -0.39 is 0 Å². The summed E-state index contributed by atoms with van der Waals surface area (Å²) in [6, 6.07) is 0. The van der Waals surface area contributed by atoms with Gasteiger partial charge in [-0.05, 0) is 0 Å². The van der Waals surface area contributed by atoms with Gasteiger partial charge in [0.15, 0.2) is 0 Å². The largest absolute Gasteiger partial charge is 0.333 e. The zero-order valence-corrected chi connectivity index (χ0v) is 8.76. The number of isocyanates is 2. The van der Waals surface area contributed by atoms with E-state index in [0.29, 0.717) is 9.12 Å². The predicted octanol–water partition coefficient (Wildman–Crippen LogP) is 1.55. The molecule has 0 aliphatic heterocycles. The third-order valence-corrected chi connectivity index (χ3v) is 0.500. The normalized spacial score (nSPS) is 4.50. The number of rotatable bonds is 1. The van der Waals surface area contributed by atoms with Gasteiger partial charge in [-0.2, -0.15) is 0 Å². The highest BCUT2D eigenvalue weighted by Gasteiger charge is 1.56. The molecule has 0 radical (unpaired) electrons. The van der Waals surface area contributed by atoms with Gasteiger partial charge in [0.2, 0.25) is 12.2 Å². The second-order valence-corrected chi connectivity index (χ2v) is 1.20. The van der Waals surface area contributed by atoms with Crippen molar-refractivity contribution in [3.05, 3.63) is 0 Å². The van der Waals surface area contributed by atoms with Crippen LogP contribution in [0.2, 0.25) is 0 Å². The smallest absolute Gasteiger partial charge is 0.231 e. The molecule has 0 aromatic carbocycles. The van der Waals surface area contributed by atoms with Crippen LogP contribution >= 0.6 is 9.12 Å². The minimum atomic E-state index is 0.611. The van der Waals surface area contributed by atoms with Crippen molar-refractivity contribution in [2.75, 3.05) is 0 Å². The highest BCUT2D eigenvalue weighted by Crippen LogP contribution is 1.76. The van der Waals surface area contributed by atoms with E-state index in [-0.39, 0.29) is 0 Å². The van der Waals surface area contributed by atoms with E-state index in [4.69, 9.17) is 25.0 Å². The Bertz CT molecular complexity index is 104. The molecular formula is C6H15N2O3P. The standard InChI is InChI=1S/C4H10.2CHNO.H3OP/c1-3-4-2;2*2-1-3;1-2/h3-4H2,1-2H3;2*2H;2H3. The zero-order valence-electron chi connectivity index (χ0n) is 7.35. The van der Waals surface area contributed by atoms with E-state index in [0.717, 1.165) is 12.2 Å². The first kappa shape index (κ1) is 22.4. The average molecular weight is 194 g/mol. The van der Waals surface area contributed by atoms with Crippen LogP contribution in [0.5, 0.6) is 0 Å². The molecule has 12 heavy (non-hydrogen) atoms. The van der Waals surface area contributed by atoms with Crippen molar-refractivity contribution in [1.82, 2.24) is 0 Å². The summed E-state index contributed by atoms with van der Waals surface area (Å²) in [5, 5.41) is 10.8. The number of carbonyl (C=O) groups excluding carboxylic acids is 2. The monoisotopic (exact) mass is 194 g/mol. The van der Waals surface area contributed by atoms with Gasteiger partial charge >= 0.3 is 0 Å². The molecule has 0 saturated heterocycles. The summed E-state index contributed by atoms with van der Waals surface area (Å²) in [5.41, 5.74) is 0. The van der Waals surface area contributed by atoms with Gasteiger partial charge < -0.3 is 4.57 Å². The summed E-state index contributed by atoms with van der Waals surface area (Å²) in [6.45, 7) is 4.36. The predicted molar refractivity (Wildman–Crippen MR) is 49.2 cm³/mol. The molecule has 0 spiro atoms. The summed E-state index contributed by atoms with van der Waals surface area (Å²) in [5.74, 6) is 0. The fourth-order valence-corrected chi connectivity index (χ4v) is 0. The lowest BCUT2D eigenvalue weighted by Crippen LogP contribution is -1.47. The van der Waals surface area contributed by atoms with Crippen molar-refractivity contribution < 1.29 is 14.2 Å². The van der Waals surface area contributed by atoms with Crippen molar-refractivity contribution in [2.45, 2.75) is 26.7 Å². The van der Waals surface area contributed by atoms with Gasteiger partial charge in [0.05, 0.1) is 9.12 Å². The Morgan fingerprint density at radius 3 is 1.08 bits per heavy atom. The van der Waals surface area contributed by atoms with Crippen molar-refractivity contribution in [2.24, 2.45) is 0 Å². The maximum Gasteiger partial charge on any atom is 0.231 e. The van der Waals surface area contributed by atoms with Gasteiger partial charge in [0.1, 0.15) is 0 Å². The van der Waals surface area contributed by atoms with Crippen LogP contribution in [0.3, 0.4) is 0 Å². The molecule has 6 heteroatoms. The maximum absolute atomic E-state index is 8.35. The molecule has 0 saturated carbocycles. The van der Waals surface area contributed by atoms with Crippen LogP contribution < -0.4 is 0 Å². The molecule has 1 unspecified atom stereocenters. The van der Waals surface area contributed by atoms with E-state index in [1.807, 2.05) is 0 Å². The highest BCUT2D eigenvalue weighted by molar-refractivity contribution is 7.00. The Kier molecular flexibility index (Phi) is 169. The van der Waals surface area contributed by atoms with Crippen LogP contribution in [0.1, 0.15) is 26.7 Å². The Labute approximate surface area is 73.8 Å². The molecule has 1 atom stereocenters. The number of nitrogens with one attached hydrogen (secondary N) is 2. The van der Waals surface area contributed by atoms with Crippen LogP contribution in [0, 0.1) is 10.8 Å². The minimum Gasteiger partial charge on any atom is -0.333 e. The van der Waals surface area contributed by atoms with Gasteiger partial charge in [-0.15, -0.1) is 0 Å².